The second-order valence-corrected chi connectivity index (χ2v) is 1.51. The summed E-state index contributed by atoms with van der Waals surface area (Å²) in [4.78, 5) is 4.66. The Morgan fingerprint density at radius 1 is 1.75 bits per heavy atom. The minimum atomic E-state index is 0.414. The van der Waals surface area contributed by atoms with Crippen LogP contribution in [0.5, 0.6) is 0 Å². The summed E-state index contributed by atoms with van der Waals surface area (Å²) >= 11 is 0. The Morgan fingerprint density at radius 2 is 2.38 bits per heavy atom. The molecule has 0 fully saturated rings. The fourth-order valence-corrected chi connectivity index (χ4v) is 0.220. The molecule has 0 bridgehead atoms. The quantitative estimate of drug-likeness (QED) is 0.403. The molecule has 0 N–H and O–H groups in total. The summed E-state index contributed by atoms with van der Waals surface area (Å²) in [6.07, 6.45) is 0.944. The molecule has 0 aromatic heterocycles. The van der Waals surface area contributed by atoms with Gasteiger partial charge < -0.3 is 4.84 Å². The SMILES string of the molecule is [CH2]CO/N=C(/C)CC. The van der Waals surface area contributed by atoms with Crippen molar-refractivity contribution in [1.29, 1.82) is 0 Å². The average molecular weight is 114 g/mol. The van der Waals surface area contributed by atoms with E-state index in [2.05, 4.69) is 16.9 Å². The van der Waals surface area contributed by atoms with Crippen molar-refractivity contribution in [3.05, 3.63) is 6.92 Å². The Morgan fingerprint density at radius 3 is 2.75 bits per heavy atom. The van der Waals surface area contributed by atoms with E-state index in [1.165, 1.54) is 0 Å². The molecule has 0 spiro atoms. The lowest BCUT2D eigenvalue weighted by Gasteiger charge is -1.93. The van der Waals surface area contributed by atoms with E-state index in [9.17, 15) is 0 Å². The third kappa shape index (κ3) is 3.65. The molecule has 2 heteroatoms. The lowest BCUT2D eigenvalue weighted by atomic mass is 10.3. The standard InChI is InChI=1S/C6H12NO/c1-4-6(3)7-8-5-2/h2,4-5H2,1,3H3/b7-6-. The average Bonchev–Trinajstić information content (AvgIpc) is 1.83. The summed E-state index contributed by atoms with van der Waals surface area (Å²) in [6.45, 7) is 7.84. The van der Waals surface area contributed by atoms with Gasteiger partial charge in [0, 0.05) is 0 Å². The van der Waals surface area contributed by atoms with Crippen molar-refractivity contribution in [1.82, 2.24) is 0 Å². The Labute approximate surface area is 50.5 Å². The van der Waals surface area contributed by atoms with Gasteiger partial charge in [-0.15, -0.1) is 0 Å². The fraction of sp³-hybridized carbons (Fsp3) is 0.667. The van der Waals surface area contributed by atoms with Crippen molar-refractivity contribution in [2.45, 2.75) is 20.3 Å². The van der Waals surface area contributed by atoms with Crippen molar-refractivity contribution in [3.63, 3.8) is 0 Å². The zero-order valence-corrected chi connectivity index (χ0v) is 5.48. The second kappa shape index (κ2) is 4.62. The van der Waals surface area contributed by atoms with Gasteiger partial charge in [0.15, 0.2) is 0 Å². The predicted octanol–water partition coefficient (Wildman–Crippen LogP) is 1.62. The van der Waals surface area contributed by atoms with Gasteiger partial charge in [-0.05, 0) is 20.3 Å². The van der Waals surface area contributed by atoms with Crippen LogP contribution in [0.3, 0.4) is 0 Å². The lowest BCUT2D eigenvalue weighted by Crippen LogP contribution is -1.89. The van der Waals surface area contributed by atoms with Crippen LogP contribution in [-0.4, -0.2) is 12.3 Å². The predicted molar refractivity (Wildman–Crippen MR) is 34.7 cm³/mol. The highest BCUT2D eigenvalue weighted by Crippen LogP contribution is 1.84. The van der Waals surface area contributed by atoms with Gasteiger partial charge in [-0.25, -0.2) is 0 Å². The topological polar surface area (TPSA) is 21.6 Å². The van der Waals surface area contributed by atoms with E-state index in [4.69, 9.17) is 0 Å². The minimum absolute atomic E-state index is 0.414. The molecule has 0 aromatic carbocycles. The molecule has 0 aliphatic carbocycles. The van der Waals surface area contributed by atoms with E-state index in [0.29, 0.717) is 6.61 Å². The molecule has 47 valence electrons. The Kier molecular flexibility index (Phi) is 4.32. The number of nitrogens with zero attached hydrogens (tertiary/aromatic N) is 1. The fourth-order valence-electron chi connectivity index (χ4n) is 0.220. The van der Waals surface area contributed by atoms with Crippen LogP contribution in [-0.2, 0) is 4.84 Å². The number of oxime groups is 1. The number of hydrogen-bond donors (Lipinski definition) is 0. The van der Waals surface area contributed by atoms with Gasteiger partial charge in [0.2, 0.25) is 0 Å². The van der Waals surface area contributed by atoms with Crippen LogP contribution in [0.25, 0.3) is 0 Å². The molecule has 0 saturated heterocycles. The van der Waals surface area contributed by atoms with Crippen molar-refractivity contribution in [3.8, 4) is 0 Å². The van der Waals surface area contributed by atoms with Crippen LogP contribution < -0.4 is 0 Å². The molecule has 0 unspecified atom stereocenters. The number of hydrogen-bond acceptors (Lipinski definition) is 2. The van der Waals surface area contributed by atoms with E-state index in [1.54, 1.807) is 0 Å². The Hall–Kier alpha value is -0.530. The molecule has 0 aliphatic rings. The van der Waals surface area contributed by atoms with Gasteiger partial charge in [0.05, 0.1) is 5.71 Å². The van der Waals surface area contributed by atoms with Crippen molar-refractivity contribution in [2.24, 2.45) is 5.16 Å². The molecule has 0 amide bonds. The highest BCUT2D eigenvalue weighted by Gasteiger charge is 1.81. The normalized spacial score (nSPS) is 11.6. The highest BCUT2D eigenvalue weighted by molar-refractivity contribution is 5.80. The van der Waals surface area contributed by atoms with Crippen LogP contribution in [0.4, 0.5) is 0 Å². The molecular formula is C6H12NO. The highest BCUT2D eigenvalue weighted by atomic mass is 16.6. The third-order valence-corrected chi connectivity index (χ3v) is 0.823. The van der Waals surface area contributed by atoms with Crippen LogP contribution in [0.2, 0.25) is 0 Å². The summed E-state index contributed by atoms with van der Waals surface area (Å²) in [5.41, 5.74) is 1.01. The summed E-state index contributed by atoms with van der Waals surface area (Å²) < 4.78 is 0. The molecule has 1 radical (unpaired) electrons. The molecule has 0 aliphatic heterocycles. The zero-order valence-electron chi connectivity index (χ0n) is 5.48. The lowest BCUT2D eigenvalue weighted by molar-refractivity contribution is 0.172. The molecule has 0 heterocycles. The van der Waals surface area contributed by atoms with Gasteiger partial charge in [0.1, 0.15) is 6.61 Å². The maximum Gasteiger partial charge on any atom is 0.117 e. The first-order valence-electron chi connectivity index (χ1n) is 2.76. The van der Waals surface area contributed by atoms with Crippen molar-refractivity contribution in [2.75, 3.05) is 6.61 Å². The first-order chi connectivity index (χ1) is 3.81. The summed E-state index contributed by atoms with van der Waals surface area (Å²) in [5.74, 6) is 0. The molecule has 0 rings (SSSR count). The second-order valence-electron chi connectivity index (χ2n) is 1.51. The summed E-state index contributed by atoms with van der Waals surface area (Å²) in [5, 5.41) is 3.72. The maximum atomic E-state index is 4.66. The van der Waals surface area contributed by atoms with Crippen molar-refractivity contribution < 1.29 is 4.84 Å². The molecular weight excluding hydrogens is 102 g/mol. The Bertz CT molecular complexity index is 78.6. The van der Waals surface area contributed by atoms with Crippen LogP contribution in [0.1, 0.15) is 20.3 Å². The molecule has 0 atom stereocenters. The van der Waals surface area contributed by atoms with Gasteiger partial charge in [-0.3, -0.25) is 0 Å². The van der Waals surface area contributed by atoms with E-state index < -0.39 is 0 Å². The molecule has 0 saturated carbocycles. The minimum Gasteiger partial charge on any atom is -0.396 e. The number of rotatable bonds is 3. The van der Waals surface area contributed by atoms with E-state index in [-0.39, 0.29) is 0 Å². The third-order valence-electron chi connectivity index (χ3n) is 0.823. The Balaban J connectivity index is 3.26. The summed E-state index contributed by atoms with van der Waals surface area (Å²) in [6, 6.07) is 0. The molecule has 0 aromatic rings. The maximum absolute atomic E-state index is 4.66. The van der Waals surface area contributed by atoms with Crippen molar-refractivity contribution >= 4 is 5.71 Å². The monoisotopic (exact) mass is 114 g/mol. The van der Waals surface area contributed by atoms with E-state index in [1.807, 2.05) is 13.8 Å². The van der Waals surface area contributed by atoms with Gasteiger partial charge >= 0.3 is 0 Å². The van der Waals surface area contributed by atoms with Gasteiger partial charge in [-0.2, -0.15) is 0 Å². The first-order valence-corrected chi connectivity index (χ1v) is 2.76. The smallest absolute Gasteiger partial charge is 0.117 e. The molecule has 8 heavy (non-hydrogen) atoms. The van der Waals surface area contributed by atoms with Gasteiger partial charge in [0.25, 0.3) is 0 Å². The first kappa shape index (κ1) is 7.47. The zero-order chi connectivity index (χ0) is 6.41. The van der Waals surface area contributed by atoms with Crippen LogP contribution >= 0.6 is 0 Å². The largest absolute Gasteiger partial charge is 0.396 e. The van der Waals surface area contributed by atoms with Gasteiger partial charge in [-0.1, -0.05) is 12.1 Å². The van der Waals surface area contributed by atoms with Crippen LogP contribution in [0.15, 0.2) is 5.16 Å². The van der Waals surface area contributed by atoms with Crippen LogP contribution in [0, 0.1) is 6.92 Å². The van der Waals surface area contributed by atoms with E-state index >= 15 is 0 Å². The van der Waals surface area contributed by atoms with E-state index in [0.717, 1.165) is 12.1 Å². The molecule has 2 nitrogen and oxygen atoms in total. The summed E-state index contributed by atoms with van der Waals surface area (Å²) in [7, 11) is 0.